The van der Waals surface area contributed by atoms with Crippen LogP contribution in [0.4, 0.5) is 0 Å². The summed E-state index contributed by atoms with van der Waals surface area (Å²) in [5.74, 6) is -0.725. The third-order valence-corrected chi connectivity index (χ3v) is 4.98. The zero-order valence-corrected chi connectivity index (χ0v) is 11.9. The fraction of sp³-hybridized carbons (Fsp3) is 0.923. The number of likely N-dealkylation sites (tertiary alicyclic amines) is 1. The van der Waals surface area contributed by atoms with E-state index in [1.54, 1.807) is 6.82 Å². The van der Waals surface area contributed by atoms with Gasteiger partial charge in [-0.15, -0.1) is 0 Å². The molecule has 3 N–H and O–H groups in total. The number of nitrogens with zero attached hydrogens (tertiary/aromatic N) is 1. The summed E-state index contributed by atoms with van der Waals surface area (Å²) in [5.41, 5.74) is -0.142. The van der Waals surface area contributed by atoms with Crippen molar-refractivity contribution in [2.24, 2.45) is 5.41 Å². The lowest BCUT2D eigenvalue weighted by molar-refractivity contribution is -0.142. The minimum atomic E-state index is -0.725. The van der Waals surface area contributed by atoms with Gasteiger partial charge in [0.05, 0.1) is 0 Å². The Balaban J connectivity index is 2.11. The maximum absolute atomic E-state index is 11.5. The Morgan fingerprint density at radius 1 is 1.58 bits per heavy atom. The zero-order valence-electron chi connectivity index (χ0n) is 11.9. The molecule has 2 rings (SSSR count). The van der Waals surface area contributed by atoms with E-state index in [2.05, 4.69) is 17.1 Å². The molecular weight excluding hydrogens is 243 g/mol. The van der Waals surface area contributed by atoms with Crippen molar-refractivity contribution in [1.29, 1.82) is 0 Å². The number of hydrogen-bond donors (Lipinski definition) is 3. The summed E-state index contributed by atoms with van der Waals surface area (Å²) >= 11 is 0. The maximum atomic E-state index is 11.5. The fourth-order valence-electron chi connectivity index (χ4n) is 4.01. The summed E-state index contributed by atoms with van der Waals surface area (Å²) in [4.78, 5) is 13.9. The number of carboxylic acid groups (broad SMARTS) is 1. The molecule has 2 aliphatic heterocycles. The van der Waals surface area contributed by atoms with Crippen LogP contribution >= 0.6 is 0 Å². The number of hydrogen-bond acceptors (Lipinski definition) is 4. The SMILES string of the molecule is CCN1CCC2(CCCB(C)O)C(C(=O)O)NCC12. The molecule has 0 amide bonds. The van der Waals surface area contributed by atoms with Gasteiger partial charge in [-0.05, 0) is 32.3 Å². The Morgan fingerprint density at radius 2 is 2.32 bits per heavy atom. The van der Waals surface area contributed by atoms with Gasteiger partial charge >= 0.3 is 5.97 Å². The van der Waals surface area contributed by atoms with E-state index in [0.717, 1.165) is 45.2 Å². The Kier molecular flexibility index (Phi) is 4.53. The molecule has 0 aromatic carbocycles. The number of likely N-dealkylation sites (N-methyl/N-ethyl adjacent to an activating group) is 1. The lowest BCUT2D eigenvalue weighted by Gasteiger charge is -2.34. The van der Waals surface area contributed by atoms with Gasteiger partial charge in [-0.3, -0.25) is 9.69 Å². The summed E-state index contributed by atoms with van der Waals surface area (Å²) in [6.45, 7) is 6.40. The molecule has 19 heavy (non-hydrogen) atoms. The van der Waals surface area contributed by atoms with Crippen molar-refractivity contribution in [3.8, 4) is 0 Å². The molecule has 3 unspecified atom stereocenters. The second-order valence-corrected chi connectivity index (χ2v) is 6.05. The molecule has 5 nitrogen and oxygen atoms in total. The minimum absolute atomic E-state index is 0.142. The summed E-state index contributed by atoms with van der Waals surface area (Å²) in [7, 11) is 0. The van der Waals surface area contributed by atoms with E-state index in [9.17, 15) is 14.9 Å². The van der Waals surface area contributed by atoms with E-state index >= 15 is 0 Å². The van der Waals surface area contributed by atoms with Gasteiger partial charge in [0.25, 0.3) is 6.92 Å². The first-order chi connectivity index (χ1) is 9.01. The molecule has 0 aromatic rings. The highest BCUT2D eigenvalue weighted by Crippen LogP contribution is 2.47. The normalized spacial score (nSPS) is 34.5. The van der Waals surface area contributed by atoms with Crippen molar-refractivity contribution in [1.82, 2.24) is 10.2 Å². The van der Waals surface area contributed by atoms with Crippen LogP contribution in [0.15, 0.2) is 0 Å². The van der Waals surface area contributed by atoms with Crippen molar-refractivity contribution in [3.05, 3.63) is 0 Å². The quantitative estimate of drug-likeness (QED) is 0.612. The van der Waals surface area contributed by atoms with Crippen LogP contribution in [-0.4, -0.2) is 59.6 Å². The molecule has 2 saturated heterocycles. The van der Waals surface area contributed by atoms with Crippen molar-refractivity contribution in [3.63, 3.8) is 0 Å². The first-order valence-electron chi connectivity index (χ1n) is 7.39. The predicted octanol–water partition coefficient (Wildman–Crippen LogP) is 0.517. The molecule has 0 bridgehead atoms. The molecule has 0 spiro atoms. The van der Waals surface area contributed by atoms with Crippen LogP contribution in [-0.2, 0) is 4.79 Å². The van der Waals surface area contributed by atoms with Gasteiger partial charge in [0.2, 0.25) is 0 Å². The third kappa shape index (κ3) is 2.66. The summed E-state index contributed by atoms with van der Waals surface area (Å²) < 4.78 is 0. The van der Waals surface area contributed by atoms with Crippen LogP contribution in [0.5, 0.6) is 0 Å². The van der Waals surface area contributed by atoms with Gasteiger partial charge in [-0.25, -0.2) is 0 Å². The van der Waals surface area contributed by atoms with E-state index in [-0.39, 0.29) is 12.3 Å². The van der Waals surface area contributed by atoms with Crippen molar-refractivity contribution < 1.29 is 14.9 Å². The highest BCUT2D eigenvalue weighted by atomic mass is 16.4. The summed E-state index contributed by atoms with van der Waals surface area (Å²) in [5, 5.41) is 22.1. The fourth-order valence-corrected chi connectivity index (χ4v) is 4.01. The maximum Gasteiger partial charge on any atom is 0.321 e. The van der Waals surface area contributed by atoms with Crippen LogP contribution in [0, 0.1) is 5.41 Å². The molecule has 0 aliphatic carbocycles. The highest BCUT2D eigenvalue weighted by Gasteiger charge is 2.57. The van der Waals surface area contributed by atoms with Gasteiger partial charge in [-0.1, -0.05) is 20.2 Å². The molecule has 0 radical (unpaired) electrons. The van der Waals surface area contributed by atoms with Crippen LogP contribution in [0.25, 0.3) is 0 Å². The Hall–Kier alpha value is -0.585. The van der Waals surface area contributed by atoms with Crippen LogP contribution < -0.4 is 5.32 Å². The van der Waals surface area contributed by atoms with Crippen molar-refractivity contribution in [2.75, 3.05) is 19.6 Å². The van der Waals surface area contributed by atoms with Gasteiger partial charge in [-0.2, -0.15) is 0 Å². The Bertz CT molecular complexity index is 340. The van der Waals surface area contributed by atoms with E-state index in [1.165, 1.54) is 0 Å². The van der Waals surface area contributed by atoms with Crippen LogP contribution in [0.2, 0.25) is 13.1 Å². The largest absolute Gasteiger partial charge is 0.480 e. The van der Waals surface area contributed by atoms with E-state index in [0.29, 0.717) is 6.04 Å². The van der Waals surface area contributed by atoms with E-state index < -0.39 is 12.0 Å². The second-order valence-electron chi connectivity index (χ2n) is 6.05. The zero-order chi connectivity index (χ0) is 14.0. The summed E-state index contributed by atoms with van der Waals surface area (Å²) in [6.07, 6.45) is 3.50. The number of carbonyl (C=O) groups is 1. The van der Waals surface area contributed by atoms with Crippen LogP contribution in [0.3, 0.4) is 0 Å². The molecule has 6 heteroatoms. The summed E-state index contributed by atoms with van der Waals surface area (Å²) in [6, 6.07) is -0.0874. The number of rotatable bonds is 6. The molecule has 108 valence electrons. The van der Waals surface area contributed by atoms with Gasteiger partial charge in [0, 0.05) is 18.0 Å². The Morgan fingerprint density at radius 3 is 2.89 bits per heavy atom. The van der Waals surface area contributed by atoms with Crippen molar-refractivity contribution >= 4 is 12.9 Å². The second kappa shape index (κ2) is 5.81. The van der Waals surface area contributed by atoms with Gasteiger partial charge < -0.3 is 15.4 Å². The Labute approximate surface area is 115 Å². The smallest absolute Gasteiger partial charge is 0.321 e. The average molecular weight is 268 g/mol. The highest BCUT2D eigenvalue weighted by molar-refractivity contribution is 6.48. The molecule has 2 heterocycles. The number of fused-ring (bicyclic) bond motifs is 1. The first kappa shape index (κ1) is 14.8. The van der Waals surface area contributed by atoms with Crippen molar-refractivity contribution in [2.45, 2.75) is 51.4 Å². The van der Waals surface area contributed by atoms with Gasteiger partial charge in [0.15, 0.2) is 0 Å². The number of nitrogens with one attached hydrogen (secondary N) is 1. The number of carboxylic acids is 1. The topological polar surface area (TPSA) is 72.8 Å². The minimum Gasteiger partial charge on any atom is -0.480 e. The molecular formula is C13H25BN2O3. The van der Waals surface area contributed by atoms with Gasteiger partial charge in [0.1, 0.15) is 6.04 Å². The first-order valence-corrected chi connectivity index (χ1v) is 7.39. The average Bonchev–Trinajstić information content (AvgIpc) is 2.84. The predicted molar refractivity (Wildman–Crippen MR) is 75.4 cm³/mol. The monoisotopic (exact) mass is 268 g/mol. The molecule has 0 aromatic heterocycles. The number of aliphatic carboxylic acids is 1. The van der Waals surface area contributed by atoms with Crippen LogP contribution in [0.1, 0.15) is 26.2 Å². The van der Waals surface area contributed by atoms with E-state index in [1.807, 2.05) is 0 Å². The standard InChI is InChI=1S/C13H25BN2O3/c1-3-16-8-6-13(5-4-7-14(2)19)10(16)9-15-11(13)12(17)18/h10-11,15,19H,3-9H2,1-2H3,(H,17,18). The molecule has 2 fully saturated rings. The lowest BCUT2D eigenvalue weighted by Crippen LogP contribution is -2.46. The molecule has 3 atom stereocenters. The van der Waals surface area contributed by atoms with E-state index in [4.69, 9.17) is 0 Å². The third-order valence-electron chi connectivity index (χ3n) is 4.98. The molecule has 2 aliphatic rings. The molecule has 0 saturated carbocycles. The lowest BCUT2D eigenvalue weighted by atomic mass is 9.64.